The predicted molar refractivity (Wildman–Crippen MR) is 108 cm³/mol. The second-order valence-corrected chi connectivity index (χ2v) is 10.8. The number of hydrogen-bond donors (Lipinski definition) is 0. The number of piperidine rings is 1. The van der Waals surface area contributed by atoms with Gasteiger partial charge >= 0.3 is 0 Å². The molecular formula is C20H25N3O3S2. The number of carbonyl (C=O) groups is 1. The van der Waals surface area contributed by atoms with Gasteiger partial charge in [-0.1, -0.05) is 6.42 Å². The number of pyridine rings is 1. The number of rotatable bonds is 7. The van der Waals surface area contributed by atoms with Crippen LogP contribution in [0.15, 0.2) is 40.9 Å². The molecule has 2 aromatic heterocycles. The van der Waals surface area contributed by atoms with Gasteiger partial charge in [0.2, 0.25) is 5.91 Å². The van der Waals surface area contributed by atoms with Gasteiger partial charge in [-0.25, -0.2) is 8.42 Å². The highest BCUT2D eigenvalue weighted by Crippen LogP contribution is 2.31. The molecule has 4 rings (SSSR count). The lowest BCUT2D eigenvalue weighted by molar-refractivity contribution is -0.131. The first-order chi connectivity index (χ1) is 13.5. The van der Waals surface area contributed by atoms with Gasteiger partial charge in [0.15, 0.2) is 0 Å². The van der Waals surface area contributed by atoms with Crippen LogP contribution in [0.5, 0.6) is 0 Å². The predicted octanol–water partition coefficient (Wildman–Crippen LogP) is 3.05. The Morgan fingerprint density at radius 1 is 1.11 bits per heavy atom. The van der Waals surface area contributed by atoms with Gasteiger partial charge in [-0.3, -0.25) is 9.78 Å². The van der Waals surface area contributed by atoms with Crippen LogP contribution < -0.4 is 0 Å². The minimum Gasteiger partial charge on any atom is -0.335 e. The van der Waals surface area contributed by atoms with Crippen LogP contribution in [0.25, 0.3) is 0 Å². The first-order valence-electron chi connectivity index (χ1n) is 9.81. The van der Waals surface area contributed by atoms with Crippen LogP contribution in [0.2, 0.25) is 0 Å². The fourth-order valence-corrected chi connectivity index (χ4v) is 6.59. The summed E-state index contributed by atoms with van der Waals surface area (Å²) in [5.41, 5.74) is 1.06. The Morgan fingerprint density at radius 3 is 2.50 bits per heavy atom. The molecule has 1 saturated heterocycles. The van der Waals surface area contributed by atoms with Crippen LogP contribution in [0, 0.1) is 0 Å². The number of sulfonamides is 1. The maximum atomic E-state index is 12.9. The highest BCUT2D eigenvalue weighted by molar-refractivity contribution is 7.91. The van der Waals surface area contributed by atoms with Crippen molar-refractivity contribution in [1.29, 1.82) is 0 Å². The first-order valence-corrected chi connectivity index (χ1v) is 12.1. The topological polar surface area (TPSA) is 70.6 Å². The third-order valence-corrected chi connectivity index (χ3v) is 8.73. The molecule has 3 heterocycles. The van der Waals surface area contributed by atoms with Crippen molar-refractivity contribution in [2.75, 3.05) is 13.1 Å². The smallest absolute Gasteiger partial charge is 0.252 e. The van der Waals surface area contributed by atoms with Crippen LogP contribution in [0.1, 0.15) is 42.5 Å². The summed E-state index contributed by atoms with van der Waals surface area (Å²) >= 11 is 1.23. The van der Waals surface area contributed by atoms with E-state index in [1.54, 1.807) is 28.8 Å². The largest absolute Gasteiger partial charge is 0.335 e. The molecule has 8 heteroatoms. The van der Waals surface area contributed by atoms with E-state index in [4.69, 9.17) is 0 Å². The molecule has 0 aromatic carbocycles. The van der Waals surface area contributed by atoms with Crippen molar-refractivity contribution in [1.82, 2.24) is 14.2 Å². The Kier molecular flexibility index (Phi) is 5.80. The zero-order chi connectivity index (χ0) is 19.6. The molecule has 0 N–H and O–H groups in total. The van der Waals surface area contributed by atoms with Crippen molar-refractivity contribution < 1.29 is 13.2 Å². The van der Waals surface area contributed by atoms with Crippen LogP contribution in [-0.4, -0.2) is 47.6 Å². The van der Waals surface area contributed by atoms with E-state index in [1.165, 1.54) is 11.3 Å². The van der Waals surface area contributed by atoms with Gasteiger partial charge in [0.05, 0.1) is 6.42 Å². The molecule has 6 nitrogen and oxygen atoms in total. The molecule has 0 bridgehead atoms. The van der Waals surface area contributed by atoms with Gasteiger partial charge in [-0.15, -0.1) is 11.3 Å². The number of amides is 1. The Labute approximate surface area is 170 Å². The number of thiophene rings is 1. The number of aromatic nitrogens is 1. The normalized spacial score (nSPS) is 18.1. The second kappa shape index (κ2) is 8.31. The van der Waals surface area contributed by atoms with E-state index in [9.17, 15) is 13.2 Å². The van der Waals surface area contributed by atoms with Gasteiger partial charge in [0.25, 0.3) is 10.0 Å². The van der Waals surface area contributed by atoms with Crippen LogP contribution >= 0.6 is 11.3 Å². The number of nitrogens with zero attached hydrogens (tertiary/aromatic N) is 3. The van der Waals surface area contributed by atoms with E-state index in [-0.39, 0.29) is 12.3 Å². The third-order valence-electron chi connectivity index (χ3n) is 5.28. The van der Waals surface area contributed by atoms with Gasteiger partial charge in [0.1, 0.15) is 4.21 Å². The summed E-state index contributed by atoms with van der Waals surface area (Å²) < 4.78 is 27.6. The second-order valence-electron chi connectivity index (χ2n) is 7.47. The molecule has 2 fully saturated rings. The minimum absolute atomic E-state index is 0.0584. The highest BCUT2D eigenvalue weighted by Gasteiger charge is 2.33. The Bertz CT molecular complexity index is 917. The molecule has 0 radical (unpaired) electrons. The molecule has 0 unspecified atom stereocenters. The molecule has 1 aliphatic carbocycles. The molecule has 1 amide bonds. The van der Waals surface area contributed by atoms with E-state index in [1.807, 2.05) is 17.0 Å². The summed E-state index contributed by atoms with van der Waals surface area (Å²) in [5.74, 6) is 0.0584. The maximum Gasteiger partial charge on any atom is 0.252 e. The fraction of sp³-hybridized carbons (Fsp3) is 0.500. The summed E-state index contributed by atoms with van der Waals surface area (Å²) in [6, 6.07) is 7.60. The van der Waals surface area contributed by atoms with E-state index in [2.05, 4.69) is 4.98 Å². The number of hydrogen-bond acceptors (Lipinski definition) is 5. The van der Waals surface area contributed by atoms with Crippen LogP contribution in [0.4, 0.5) is 0 Å². The number of carbonyl (C=O) groups excluding carboxylic acids is 1. The van der Waals surface area contributed by atoms with Crippen molar-refractivity contribution in [3.8, 4) is 0 Å². The first kappa shape index (κ1) is 19.5. The summed E-state index contributed by atoms with van der Waals surface area (Å²) in [6.45, 7) is 1.77. The van der Waals surface area contributed by atoms with E-state index < -0.39 is 10.0 Å². The molecule has 2 aliphatic rings. The van der Waals surface area contributed by atoms with E-state index in [0.717, 1.165) is 42.5 Å². The molecule has 1 aliphatic heterocycles. The highest BCUT2D eigenvalue weighted by atomic mass is 32.2. The average Bonchev–Trinajstić information content (AvgIpc) is 3.45. The standard InChI is InChI=1S/C20H25N3O3S2/c24-19(23(17-4-5-17)15-16-8-10-21-11-9-16)14-18-6-7-20(27-18)28(25,26)22-12-2-1-3-13-22/h6-11,17H,1-5,12-15H2. The molecule has 2 aromatic rings. The van der Waals surface area contributed by atoms with Crippen molar-refractivity contribution in [3.05, 3.63) is 47.1 Å². The lowest BCUT2D eigenvalue weighted by Crippen LogP contribution is -2.35. The lowest BCUT2D eigenvalue weighted by Gasteiger charge is -2.25. The van der Waals surface area contributed by atoms with Crippen LogP contribution in [0.3, 0.4) is 0 Å². The van der Waals surface area contributed by atoms with Crippen LogP contribution in [-0.2, 0) is 27.8 Å². The SMILES string of the molecule is O=C(Cc1ccc(S(=O)(=O)N2CCCCC2)s1)N(Cc1ccncc1)C1CC1. The Morgan fingerprint density at radius 2 is 1.82 bits per heavy atom. The monoisotopic (exact) mass is 419 g/mol. The Balaban J connectivity index is 1.44. The van der Waals surface area contributed by atoms with Gasteiger partial charge in [-0.2, -0.15) is 4.31 Å². The molecule has 1 saturated carbocycles. The summed E-state index contributed by atoms with van der Waals surface area (Å²) in [4.78, 5) is 19.7. The Hall–Kier alpha value is -1.77. The quantitative estimate of drug-likeness (QED) is 0.692. The van der Waals surface area contributed by atoms with Crippen molar-refractivity contribution in [2.24, 2.45) is 0 Å². The zero-order valence-electron chi connectivity index (χ0n) is 15.8. The van der Waals surface area contributed by atoms with Gasteiger partial charge < -0.3 is 4.90 Å². The van der Waals surface area contributed by atoms with Crippen molar-refractivity contribution >= 4 is 27.3 Å². The molecule has 28 heavy (non-hydrogen) atoms. The van der Waals surface area contributed by atoms with Gasteiger partial charge in [0, 0.05) is 42.9 Å². The molecule has 0 spiro atoms. The summed E-state index contributed by atoms with van der Waals surface area (Å²) in [6.07, 6.45) is 8.73. The van der Waals surface area contributed by atoms with E-state index in [0.29, 0.717) is 29.9 Å². The summed E-state index contributed by atoms with van der Waals surface area (Å²) in [7, 11) is -3.43. The van der Waals surface area contributed by atoms with Crippen molar-refractivity contribution in [3.63, 3.8) is 0 Å². The summed E-state index contributed by atoms with van der Waals surface area (Å²) in [5, 5.41) is 0. The zero-order valence-corrected chi connectivity index (χ0v) is 17.4. The third kappa shape index (κ3) is 4.45. The average molecular weight is 420 g/mol. The molecular weight excluding hydrogens is 394 g/mol. The van der Waals surface area contributed by atoms with E-state index >= 15 is 0 Å². The van der Waals surface area contributed by atoms with Gasteiger partial charge in [-0.05, 0) is 55.5 Å². The lowest BCUT2D eigenvalue weighted by atomic mass is 10.2. The minimum atomic E-state index is -3.43. The molecule has 150 valence electrons. The molecule has 0 atom stereocenters. The fourth-order valence-electron chi connectivity index (χ4n) is 3.57. The maximum absolute atomic E-state index is 12.9. The van der Waals surface area contributed by atoms with Crippen molar-refractivity contribution in [2.45, 2.75) is 55.3 Å².